The Hall–Kier alpha value is -2.33. The Morgan fingerprint density at radius 2 is 1.83 bits per heavy atom. The zero-order chi connectivity index (χ0) is 15.9. The Bertz CT molecular complexity index is 721. The Labute approximate surface area is 136 Å². The van der Waals surface area contributed by atoms with E-state index in [1.807, 2.05) is 30.3 Å². The lowest BCUT2D eigenvalue weighted by molar-refractivity contribution is 0.282. The van der Waals surface area contributed by atoms with Crippen LogP contribution in [0.15, 0.2) is 59.7 Å². The fraction of sp³-hybridized carbons (Fsp3) is 0.316. The van der Waals surface area contributed by atoms with Crippen LogP contribution in [0.3, 0.4) is 0 Å². The zero-order valence-corrected chi connectivity index (χ0v) is 13.4. The molecular formula is C19H20N2O2. The molecule has 0 aromatic heterocycles. The van der Waals surface area contributed by atoms with Crippen LogP contribution in [0, 0.1) is 0 Å². The molecule has 4 heteroatoms. The molecule has 2 aliphatic heterocycles. The zero-order valence-electron chi connectivity index (χ0n) is 13.4. The van der Waals surface area contributed by atoms with Crippen LogP contribution in [0.1, 0.15) is 18.9 Å². The summed E-state index contributed by atoms with van der Waals surface area (Å²) in [6.45, 7) is 2.96. The number of ether oxygens (including phenoxy) is 2. The third-order valence-electron chi connectivity index (χ3n) is 4.66. The molecule has 0 radical (unpaired) electrons. The standard InChI is InChI=1S/C19H20N2O2/c1-19(13-23-19)18-12-17(14-8-10-16(22-2)11-9-14)20-21(18)15-6-4-3-5-7-15/h3-11,18H,12-13H2,1-2H3/t18-,19-/m1/s1. The number of hydrogen-bond acceptors (Lipinski definition) is 4. The van der Waals surface area contributed by atoms with E-state index in [0.29, 0.717) is 0 Å². The van der Waals surface area contributed by atoms with E-state index in [9.17, 15) is 0 Å². The van der Waals surface area contributed by atoms with Crippen molar-refractivity contribution in [2.45, 2.75) is 25.0 Å². The van der Waals surface area contributed by atoms with Gasteiger partial charge in [-0.3, -0.25) is 5.01 Å². The van der Waals surface area contributed by atoms with Crippen molar-refractivity contribution in [1.82, 2.24) is 0 Å². The second-order valence-electron chi connectivity index (χ2n) is 6.28. The highest BCUT2D eigenvalue weighted by Crippen LogP contribution is 2.41. The van der Waals surface area contributed by atoms with E-state index in [1.165, 1.54) is 0 Å². The Morgan fingerprint density at radius 1 is 1.13 bits per heavy atom. The minimum absolute atomic E-state index is 0.104. The summed E-state index contributed by atoms with van der Waals surface area (Å²) in [5, 5.41) is 7.02. The monoisotopic (exact) mass is 308 g/mol. The molecule has 2 aromatic carbocycles. The number of nitrogens with zero attached hydrogens (tertiary/aromatic N) is 2. The number of epoxide rings is 1. The summed E-state index contributed by atoms with van der Waals surface area (Å²) in [5.74, 6) is 0.862. The maximum absolute atomic E-state index is 5.72. The van der Waals surface area contributed by atoms with Gasteiger partial charge in [0.2, 0.25) is 0 Å². The number of anilines is 1. The minimum Gasteiger partial charge on any atom is -0.497 e. The van der Waals surface area contributed by atoms with E-state index < -0.39 is 0 Å². The molecule has 2 aromatic rings. The summed E-state index contributed by atoms with van der Waals surface area (Å²) in [6.07, 6.45) is 0.887. The first kappa shape index (κ1) is 14.3. The molecule has 0 unspecified atom stereocenters. The summed E-state index contributed by atoms with van der Waals surface area (Å²) >= 11 is 0. The predicted octanol–water partition coefficient (Wildman–Crippen LogP) is 3.47. The van der Waals surface area contributed by atoms with Gasteiger partial charge < -0.3 is 9.47 Å². The summed E-state index contributed by atoms with van der Waals surface area (Å²) in [5.41, 5.74) is 3.24. The SMILES string of the molecule is COc1ccc(C2=NN(c3ccccc3)[C@@H]([C@@]3(C)CO3)C2)cc1. The van der Waals surface area contributed by atoms with E-state index in [0.717, 1.165) is 35.7 Å². The average molecular weight is 308 g/mol. The molecule has 4 nitrogen and oxygen atoms in total. The minimum atomic E-state index is -0.104. The third-order valence-corrected chi connectivity index (χ3v) is 4.66. The van der Waals surface area contributed by atoms with Crippen molar-refractivity contribution in [3.05, 3.63) is 60.2 Å². The molecule has 1 saturated heterocycles. The second-order valence-corrected chi connectivity index (χ2v) is 6.28. The molecule has 2 heterocycles. The summed E-state index contributed by atoms with van der Waals surface area (Å²) in [6, 6.07) is 18.6. The molecule has 0 aliphatic carbocycles. The molecule has 4 rings (SSSR count). The maximum Gasteiger partial charge on any atom is 0.118 e. The molecule has 0 bridgehead atoms. The van der Waals surface area contributed by atoms with Gasteiger partial charge in [0, 0.05) is 6.42 Å². The van der Waals surface area contributed by atoms with Gasteiger partial charge in [-0.2, -0.15) is 5.10 Å². The lowest BCUT2D eigenvalue weighted by Gasteiger charge is -2.26. The van der Waals surface area contributed by atoms with Crippen LogP contribution in [0.4, 0.5) is 5.69 Å². The van der Waals surface area contributed by atoms with Crippen LogP contribution in [0.2, 0.25) is 0 Å². The van der Waals surface area contributed by atoms with Gasteiger partial charge in [0.1, 0.15) is 11.4 Å². The molecule has 0 spiro atoms. The van der Waals surface area contributed by atoms with E-state index in [4.69, 9.17) is 14.6 Å². The molecule has 23 heavy (non-hydrogen) atoms. The first-order valence-corrected chi connectivity index (χ1v) is 7.90. The first-order valence-electron chi connectivity index (χ1n) is 7.90. The van der Waals surface area contributed by atoms with E-state index in [2.05, 4.69) is 36.2 Å². The summed E-state index contributed by atoms with van der Waals surface area (Å²) < 4.78 is 11.0. The average Bonchev–Trinajstić information content (AvgIpc) is 3.19. The van der Waals surface area contributed by atoms with E-state index in [-0.39, 0.29) is 11.6 Å². The topological polar surface area (TPSA) is 37.4 Å². The van der Waals surface area contributed by atoms with Crippen molar-refractivity contribution >= 4 is 11.4 Å². The fourth-order valence-electron chi connectivity index (χ4n) is 3.07. The summed E-state index contributed by atoms with van der Waals surface area (Å²) in [4.78, 5) is 0. The van der Waals surface area contributed by atoms with Gasteiger partial charge in [-0.1, -0.05) is 18.2 Å². The van der Waals surface area contributed by atoms with E-state index >= 15 is 0 Å². The highest BCUT2D eigenvalue weighted by Gasteiger charge is 2.52. The quantitative estimate of drug-likeness (QED) is 0.812. The number of methoxy groups -OCH3 is 1. The Kier molecular flexibility index (Phi) is 3.34. The van der Waals surface area contributed by atoms with E-state index in [1.54, 1.807) is 7.11 Å². The molecule has 1 fully saturated rings. The maximum atomic E-state index is 5.72. The molecule has 0 N–H and O–H groups in total. The van der Waals surface area contributed by atoms with Crippen molar-refractivity contribution in [1.29, 1.82) is 0 Å². The molecule has 2 atom stereocenters. The number of hydrazone groups is 1. The van der Waals surface area contributed by atoms with Gasteiger partial charge in [-0.05, 0) is 48.9 Å². The molecular weight excluding hydrogens is 288 g/mol. The molecule has 0 amide bonds. The Balaban J connectivity index is 1.68. The van der Waals surface area contributed by atoms with Crippen LogP contribution < -0.4 is 9.75 Å². The smallest absolute Gasteiger partial charge is 0.118 e. The first-order chi connectivity index (χ1) is 11.2. The number of rotatable bonds is 4. The number of benzene rings is 2. The predicted molar refractivity (Wildman–Crippen MR) is 91.2 cm³/mol. The van der Waals surface area contributed by atoms with Crippen LogP contribution >= 0.6 is 0 Å². The van der Waals surface area contributed by atoms with Gasteiger partial charge in [0.15, 0.2) is 0 Å². The Morgan fingerprint density at radius 3 is 2.43 bits per heavy atom. The third kappa shape index (κ3) is 2.59. The second kappa shape index (κ2) is 5.39. The van der Waals surface area contributed by atoms with Crippen LogP contribution in [0.5, 0.6) is 5.75 Å². The fourth-order valence-corrected chi connectivity index (χ4v) is 3.07. The molecule has 118 valence electrons. The normalized spacial score (nSPS) is 26.1. The van der Waals surface area contributed by atoms with Gasteiger partial charge >= 0.3 is 0 Å². The molecule has 2 aliphatic rings. The van der Waals surface area contributed by atoms with Gasteiger partial charge in [0.05, 0.1) is 31.2 Å². The van der Waals surface area contributed by atoms with Crippen LogP contribution in [-0.2, 0) is 4.74 Å². The van der Waals surface area contributed by atoms with Gasteiger partial charge in [-0.15, -0.1) is 0 Å². The highest BCUT2D eigenvalue weighted by atomic mass is 16.6. The lowest BCUT2D eigenvalue weighted by atomic mass is 9.95. The van der Waals surface area contributed by atoms with Crippen molar-refractivity contribution in [2.24, 2.45) is 5.10 Å². The number of hydrogen-bond donors (Lipinski definition) is 0. The van der Waals surface area contributed by atoms with Crippen molar-refractivity contribution in [3.8, 4) is 5.75 Å². The van der Waals surface area contributed by atoms with Crippen LogP contribution in [-0.4, -0.2) is 31.1 Å². The highest BCUT2D eigenvalue weighted by molar-refractivity contribution is 6.03. The van der Waals surface area contributed by atoms with Gasteiger partial charge in [0.25, 0.3) is 0 Å². The van der Waals surface area contributed by atoms with Crippen molar-refractivity contribution in [2.75, 3.05) is 18.7 Å². The molecule has 0 saturated carbocycles. The van der Waals surface area contributed by atoms with Crippen LogP contribution in [0.25, 0.3) is 0 Å². The largest absolute Gasteiger partial charge is 0.497 e. The van der Waals surface area contributed by atoms with Gasteiger partial charge in [-0.25, -0.2) is 0 Å². The lowest BCUT2D eigenvalue weighted by Crippen LogP contribution is -2.38. The number of para-hydroxylation sites is 1. The summed E-state index contributed by atoms with van der Waals surface area (Å²) in [7, 11) is 1.68. The van der Waals surface area contributed by atoms with Crippen molar-refractivity contribution in [3.63, 3.8) is 0 Å². The van der Waals surface area contributed by atoms with Crippen molar-refractivity contribution < 1.29 is 9.47 Å².